The number of carbonyl (C=O) groups excluding carboxylic acids is 3. The maximum Gasteiger partial charge on any atom is 0.320 e. The Labute approximate surface area is 110 Å². The van der Waals surface area contributed by atoms with Gasteiger partial charge < -0.3 is 9.47 Å². The summed E-state index contributed by atoms with van der Waals surface area (Å²) in [5.41, 5.74) is 0.561. The molecule has 0 radical (unpaired) electrons. The Hall–Kier alpha value is -2.17. The average Bonchev–Trinajstić information content (AvgIpc) is 2.80. The SMILES string of the molecule is COC(=O)[C@@H]1C(=O)OC[C@H]1CC(=O)c1ccccc1. The van der Waals surface area contributed by atoms with Crippen molar-refractivity contribution in [3.8, 4) is 0 Å². The van der Waals surface area contributed by atoms with Gasteiger partial charge in [-0.25, -0.2) is 0 Å². The molecule has 1 fully saturated rings. The van der Waals surface area contributed by atoms with Crippen molar-refractivity contribution in [2.75, 3.05) is 13.7 Å². The van der Waals surface area contributed by atoms with Gasteiger partial charge in [-0.05, 0) is 0 Å². The molecule has 0 aromatic heterocycles. The van der Waals surface area contributed by atoms with Crippen molar-refractivity contribution in [1.29, 1.82) is 0 Å². The molecule has 0 aliphatic carbocycles. The first-order valence-electron chi connectivity index (χ1n) is 5.96. The summed E-state index contributed by atoms with van der Waals surface area (Å²) in [7, 11) is 1.21. The predicted molar refractivity (Wildman–Crippen MR) is 65.3 cm³/mol. The minimum atomic E-state index is -0.988. The first-order valence-corrected chi connectivity index (χ1v) is 5.96. The number of hydrogen-bond donors (Lipinski definition) is 0. The van der Waals surface area contributed by atoms with E-state index in [2.05, 4.69) is 4.74 Å². The maximum absolute atomic E-state index is 12.0. The van der Waals surface area contributed by atoms with Crippen LogP contribution < -0.4 is 0 Å². The number of cyclic esters (lactones) is 1. The maximum atomic E-state index is 12.0. The summed E-state index contributed by atoms with van der Waals surface area (Å²) in [6.45, 7) is 0.0805. The quantitative estimate of drug-likeness (QED) is 0.463. The Bertz CT molecular complexity index is 494. The molecule has 0 N–H and O–H groups in total. The summed E-state index contributed by atoms with van der Waals surface area (Å²) >= 11 is 0. The molecule has 1 saturated heterocycles. The molecule has 0 bridgehead atoms. The van der Waals surface area contributed by atoms with E-state index in [-0.39, 0.29) is 18.8 Å². The van der Waals surface area contributed by atoms with E-state index in [1.165, 1.54) is 7.11 Å². The lowest BCUT2D eigenvalue weighted by Gasteiger charge is -2.12. The highest BCUT2D eigenvalue weighted by atomic mass is 16.6. The number of carbonyl (C=O) groups is 3. The topological polar surface area (TPSA) is 69.7 Å². The van der Waals surface area contributed by atoms with Crippen molar-refractivity contribution in [1.82, 2.24) is 0 Å². The number of ketones is 1. The van der Waals surface area contributed by atoms with Crippen molar-refractivity contribution in [3.63, 3.8) is 0 Å². The summed E-state index contributed by atoms with van der Waals surface area (Å²) < 4.78 is 9.42. The monoisotopic (exact) mass is 262 g/mol. The lowest BCUT2D eigenvalue weighted by molar-refractivity contribution is -0.154. The molecular weight excluding hydrogens is 248 g/mol. The summed E-state index contributed by atoms with van der Waals surface area (Å²) in [6.07, 6.45) is 0.0928. The fourth-order valence-electron chi connectivity index (χ4n) is 2.14. The van der Waals surface area contributed by atoms with E-state index in [1.807, 2.05) is 6.07 Å². The number of rotatable bonds is 4. The third-order valence-corrected chi connectivity index (χ3v) is 3.16. The van der Waals surface area contributed by atoms with Crippen molar-refractivity contribution < 1.29 is 23.9 Å². The van der Waals surface area contributed by atoms with Gasteiger partial charge in [0, 0.05) is 17.9 Å². The molecule has 1 heterocycles. The number of benzene rings is 1. The van der Waals surface area contributed by atoms with Gasteiger partial charge in [-0.15, -0.1) is 0 Å². The van der Waals surface area contributed by atoms with Crippen molar-refractivity contribution in [3.05, 3.63) is 35.9 Å². The molecular formula is C14H14O5. The second kappa shape index (κ2) is 5.65. The standard InChI is InChI=1S/C14H14O5/c1-18-13(16)12-10(8-19-14(12)17)7-11(15)9-5-3-2-4-6-9/h2-6,10,12H,7-8H2,1H3/t10-,12-/m1/s1. The van der Waals surface area contributed by atoms with Crippen LogP contribution in [0, 0.1) is 11.8 Å². The molecule has 5 heteroatoms. The van der Waals surface area contributed by atoms with E-state index in [4.69, 9.17) is 4.74 Å². The van der Waals surface area contributed by atoms with Crippen LogP contribution in [0.2, 0.25) is 0 Å². The van der Waals surface area contributed by atoms with E-state index in [1.54, 1.807) is 24.3 Å². The predicted octanol–water partition coefficient (Wildman–Crippen LogP) is 1.22. The Morgan fingerprint density at radius 1 is 1.32 bits per heavy atom. The molecule has 0 unspecified atom stereocenters. The lowest BCUT2D eigenvalue weighted by Crippen LogP contribution is -2.28. The van der Waals surface area contributed by atoms with Crippen LogP contribution in [0.15, 0.2) is 30.3 Å². The van der Waals surface area contributed by atoms with E-state index >= 15 is 0 Å². The zero-order chi connectivity index (χ0) is 13.8. The Balaban J connectivity index is 2.08. The fraction of sp³-hybridized carbons (Fsp3) is 0.357. The molecule has 0 spiro atoms. The van der Waals surface area contributed by atoms with Gasteiger partial charge in [-0.1, -0.05) is 30.3 Å². The summed E-state index contributed by atoms with van der Waals surface area (Å²) in [5.74, 6) is -2.81. The van der Waals surface area contributed by atoms with Crippen molar-refractivity contribution >= 4 is 17.7 Å². The second-order valence-electron chi connectivity index (χ2n) is 4.38. The molecule has 5 nitrogen and oxygen atoms in total. The van der Waals surface area contributed by atoms with Crippen LogP contribution >= 0.6 is 0 Å². The van der Waals surface area contributed by atoms with Gasteiger partial charge in [0.2, 0.25) is 0 Å². The van der Waals surface area contributed by atoms with Crippen molar-refractivity contribution in [2.45, 2.75) is 6.42 Å². The average molecular weight is 262 g/mol. The Morgan fingerprint density at radius 3 is 2.63 bits per heavy atom. The third-order valence-electron chi connectivity index (χ3n) is 3.16. The van der Waals surface area contributed by atoms with Gasteiger partial charge >= 0.3 is 11.9 Å². The third kappa shape index (κ3) is 2.81. The highest BCUT2D eigenvalue weighted by Gasteiger charge is 2.44. The largest absolute Gasteiger partial charge is 0.468 e. The van der Waals surface area contributed by atoms with Gasteiger partial charge in [0.05, 0.1) is 13.7 Å². The van der Waals surface area contributed by atoms with E-state index in [9.17, 15) is 14.4 Å². The van der Waals surface area contributed by atoms with Crippen molar-refractivity contribution in [2.24, 2.45) is 11.8 Å². The van der Waals surface area contributed by atoms with E-state index in [0.29, 0.717) is 5.56 Å². The normalized spacial score (nSPS) is 21.8. The minimum absolute atomic E-state index is 0.0805. The van der Waals surface area contributed by atoms with Crippen LogP contribution in [0.1, 0.15) is 16.8 Å². The van der Waals surface area contributed by atoms with Gasteiger partial charge in [-0.3, -0.25) is 14.4 Å². The molecule has 1 aromatic rings. The zero-order valence-electron chi connectivity index (χ0n) is 10.5. The molecule has 2 rings (SSSR count). The lowest BCUT2D eigenvalue weighted by atomic mass is 9.89. The first kappa shape index (κ1) is 13.3. The fourth-order valence-corrected chi connectivity index (χ4v) is 2.14. The molecule has 19 heavy (non-hydrogen) atoms. The molecule has 2 atom stereocenters. The molecule has 1 aromatic carbocycles. The van der Waals surface area contributed by atoms with Gasteiger partial charge in [0.1, 0.15) is 0 Å². The highest BCUT2D eigenvalue weighted by Crippen LogP contribution is 2.27. The molecule has 0 saturated carbocycles. The molecule has 0 amide bonds. The number of Topliss-reactive ketones (excluding diaryl/α,β-unsaturated/α-hetero) is 1. The smallest absolute Gasteiger partial charge is 0.320 e. The van der Waals surface area contributed by atoms with Crippen LogP contribution in [0.25, 0.3) is 0 Å². The zero-order valence-corrected chi connectivity index (χ0v) is 10.5. The van der Waals surface area contributed by atoms with Gasteiger partial charge in [0.15, 0.2) is 11.7 Å². The molecule has 1 aliphatic heterocycles. The van der Waals surface area contributed by atoms with Crippen LogP contribution in [0.5, 0.6) is 0 Å². The summed E-state index contributed by atoms with van der Waals surface area (Å²) in [6, 6.07) is 8.75. The van der Waals surface area contributed by atoms with Crippen LogP contribution in [-0.4, -0.2) is 31.4 Å². The minimum Gasteiger partial charge on any atom is -0.468 e. The van der Waals surface area contributed by atoms with Crippen LogP contribution in [-0.2, 0) is 19.1 Å². The van der Waals surface area contributed by atoms with Gasteiger partial charge in [-0.2, -0.15) is 0 Å². The molecule has 1 aliphatic rings. The number of hydrogen-bond acceptors (Lipinski definition) is 5. The van der Waals surface area contributed by atoms with E-state index < -0.39 is 23.8 Å². The number of methoxy groups -OCH3 is 1. The second-order valence-corrected chi connectivity index (χ2v) is 4.38. The van der Waals surface area contributed by atoms with Crippen LogP contribution in [0.3, 0.4) is 0 Å². The number of esters is 2. The van der Waals surface area contributed by atoms with E-state index in [0.717, 1.165) is 0 Å². The Morgan fingerprint density at radius 2 is 2.00 bits per heavy atom. The first-order chi connectivity index (χ1) is 9.13. The number of ether oxygens (including phenoxy) is 2. The molecule has 100 valence electrons. The Kier molecular flexibility index (Phi) is 3.94. The van der Waals surface area contributed by atoms with Crippen LogP contribution in [0.4, 0.5) is 0 Å². The highest BCUT2D eigenvalue weighted by molar-refractivity contribution is 6.00. The van der Waals surface area contributed by atoms with Gasteiger partial charge in [0.25, 0.3) is 0 Å². The summed E-state index contributed by atoms with van der Waals surface area (Å²) in [5, 5.41) is 0. The summed E-state index contributed by atoms with van der Waals surface area (Å²) in [4.78, 5) is 35.0.